The topological polar surface area (TPSA) is 64.1 Å². The Kier molecular flexibility index (Phi) is 3.58. The fourth-order valence-corrected chi connectivity index (χ4v) is 3.55. The largest absolute Gasteiger partial charge is 0.481 e. The molecule has 0 aromatic carbocycles. The Labute approximate surface area is 119 Å². The number of piperazine rings is 1. The minimum atomic E-state index is -0.762. The van der Waals surface area contributed by atoms with Crippen LogP contribution in [0.4, 0.5) is 4.79 Å². The molecule has 20 heavy (non-hydrogen) atoms. The number of amides is 2. The van der Waals surface area contributed by atoms with Crippen LogP contribution in [0.2, 0.25) is 0 Å². The van der Waals surface area contributed by atoms with Gasteiger partial charge < -0.3 is 14.9 Å². The molecule has 3 rings (SSSR count). The van der Waals surface area contributed by atoms with Gasteiger partial charge in [-0.05, 0) is 19.4 Å². The third kappa shape index (κ3) is 2.37. The van der Waals surface area contributed by atoms with Crippen LogP contribution in [0.5, 0.6) is 0 Å². The Hall–Kier alpha value is -1.30. The van der Waals surface area contributed by atoms with Crippen molar-refractivity contribution in [3.63, 3.8) is 0 Å². The van der Waals surface area contributed by atoms with E-state index in [0.29, 0.717) is 19.1 Å². The van der Waals surface area contributed by atoms with E-state index in [1.54, 1.807) is 11.8 Å². The van der Waals surface area contributed by atoms with Crippen LogP contribution in [-0.4, -0.2) is 77.1 Å². The quantitative estimate of drug-likeness (QED) is 0.802. The highest BCUT2D eigenvalue weighted by Gasteiger charge is 2.40. The minimum absolute atomic E-state index is 0.102. The predicted molar refractivity (Wildman–Crippen MR) is 73.4 cm³/mol. The summed E-state index contributed by atoms with van der Waals surface area (Å²) in [5.41, 5.74) is 0. The lowest BCUT2D eigenvalue weighted by molar-refractivity contribution is -0.145. The van der Waals surface area contributed by atoms with Gasteiger partial charge in [-0.15, -0.1) is 0 Å². The molecule has 3 aliphatic heterocycles. The second kappa shape index (κ2) is 5.24. The van der Waals surface area contributed by atoms with Gasteiger partial charge in [0.1, 0.15) is 0 Å². The molecule has 0 aromatic heterocycles. The lowest BCUT2D eigenvalue weighted by atomic mass is 9.87. The highest BCUT2D eigenvalue weighted by Crippen LogP contribution is 2.27. The summed E-state index contributed by atoms with van der Waals surface area (Å²) in [5, 5.41) is 8.97. The van der Waals surface area contributed by atoms with Gasteiger partial charge in [0, 0.05) is 44.7 Å². The fourth-order valence-electron chi connectivity index (χ4n) is 3.55. The first-order valence-electron chi connectivity index (χ1n) is 7.57. The summed E-state index contributed by atoms with van der Waals surface area (Å²) in [6.07, 6.45) is 2.44. The number of nitrogens with zero attached hydrogens (tertiary/aromatic N) is 3. The van der Waals surface area contributed by atoms with Crippen LogP contribution in [0.3, 0.4) is 0 Å². The molecule has 3 aliphatic rings. The first-order chi connectivity index (χ1) is 9.56. The van der Waals surface area contributed by atoms with Crippen LogP contribution in [0.1, 0.15) is 19.8 Å². The van der Waals surface area contributed by atoms with Gasteiger partial charge in [0.25, 0.3) is 0 Å². The number of hydrogen-bond acceptors (Lipinski definition) is 3. The molecule has 2 atom stereocenters. The van der Waals surface area contributed by atoms with Gasteiger partial charge in [-0.25, -0.2) is 4.79 Å². The molecule has 2 amide bonds. The highest BCUT2D eigenvalue weighted by atomic mass is 16.4. The standard InChI is InChI=1S/C14H23N3O3/c1-10(13(18)19)11-7-17(8-11)14(20)16-6-5-15-4-2-3-12(15)9-16/h10-12H,2-9H2,1H3,(H,18,19). The summed E-state index contributed by atoms with van der Waals surface area (Å²) >= 11 is 0. The summed E-state index contributed by atoms with van der Waals surface area (Å²) in [7, 11) is 0. The van der Waals surface area contributed by atoms with Crippen molar-refractivity contribution in [2.75, 3.05) is 39.3 Å². The lowest BCUT2D eigenvalue weighted by Gasteiger charge is -2.46. The normalized spacial score (nSPS) is 28.9. The molecule has 112 valence electrons. The molecule has 0 bridgehead atoms. The van der Waals surface area contributed by atoms with Crippen LogP contribution in [-0.2, 0) is 4.79 Å². The van der Waals surface area contributed by atoms with Crippen LogP contribution >= 0.6 is 0 Å². The van der Waals surface area contributed by atoms with Crippen molar-refractivity contribution < 1.29 is 14.7 Å². The Morgan fingerprint density at radius 2 is 1.85 bits per heavy atom. The zero-order valence-electron chi connectivity index (χ0n) is 12.0. The molecule has 2 unspecified atom stereocenters. The molecule has 6 nitrogen and oxygen atoms in total. The molecule has 0 aliphatic carbocycles. The van der Waals surface area contributed by atoms with Crippen molar-refractivity contribution in [2.45, 2.75) is 25.8 Å². The van der Waals surface area contributed by atoms with E-state index in [9.17, 15) is 9.59 Å². The number of carboxylic acids is 1. The molecule has 3 heterocycles. The lowest BCUT2D eigenvalue weighted by Crippen LogP contribution is -2.61. The molecule has 1 N–H and O–H groups in total. The number of aliphatic carboxylic acids is 1. The highest BCUT2D eigenvalue weighted by molar-refractivity contribution is 5.76. The first-order valence-corrected chi connectivity index (χ1v) is 7.57. The van der Waals surface area contributed by atoms with E-state index in [1.807, 2.05) is 4.90 Å². The van der Waals surface area contributed by atoms with E-state index in [2.05, 4.69) is 4.90 Å². The average Bonchev–Trinajstić information content (AvgIpc) is 2.83. The van der Waals surface area contributed by atoms with Gasteiger partial charge in [0.15, 0.2) is 0 Å². The minimum Gasteiger partial charge on any atom is -0.481 e. The Morgan fingerprint density at radius 1 is 1.10 bits per heavy atom. The third-order valence-corrected chi connectivity index (χ3v) is 5.13. The van der Waals surface area contributed by atoms with E-state index < -0.39 is 5.97 Å². The number of rotatable bonds is 2. The zero-order chi connectivity index (χ0) is 14.3. The molecule has 0 spiro atoms. The number of carbonyl (C=O) groups is 2. The number of fused-ring (bicyclic) bond motifs is 1. The Bertz CT molecular complexity index is 408. The van der Waals surface area contributed by atoms with Gasteiger partial charge >= 0.3 is 12.0 Å². The predicted octanol–water partition coefficient (Wildman–Crippen LogP) is 0.539. The van der Waals surface area contributed by atoms with Gasteiger partial charge in [-0.3, -0.25) is 9.69 Å². The Morgan fingerprint density at radius 3 is 2.55 bits per heavy atom. The number of carbonyl (C=O) groups excluding carboxylic acids is 1. The number of hydrogen-bond donors (Lipinski definition) is 1. The number of carboxylic acid groups (broad SMARTS) is 1. The SMILES string of the molecule is CC(C(=O)O)C1CN(C(=O)N2CCN3CCCC3C2)C1. The molecule has 0 radical (unpaired) electrons. The summed E-state index contributed by atoms with van der Waals surface area (Å²) < 4.78 is 0. The molecule has 0 saturated carbocycles. The monoisotopic (exact) mass is 281 g/mol. The summed E-state index contributed by atoms with van der Waals surface area (Å²) in [4.78, 5) is 29.5. The second-order valence-electron chi connectivity index (χ2n) is 6.35. The van der Waals surface area contributed by atoms with Crippen molar-refractivity contribution in [1.82, 2.24) is 14.7 Å². The van der Waals surface area contributed by atoms with Crippen LogP contribution in [0, 0.1) is 11.8 Å². The number of urea groups is 1. The molecular formula is C14H23N3O3. The summed E-state index contributed by atoms with van der Waals surface area (Å²) in [6.45, 7) is 6.73. The molecule has 3 fully saturated rings. The second-order valence-corrected chi connectivity index (χ2v) is 6.35. The van der Waals surface area contributed by atoms with Crippen molar-refractivity contribution >= 4 is 12.0 Å². The smallest absolute Gasteiger partial charge is 0.320 e. The van der Waals surface area contributed by atoms with E-state index in [0.717, 1.165) is 19.6 Å². The maximum absolute atomic E-state index is 12.4. The van der Waals surface area contributed by atoms with Crippen LogP contribution in [0.15, 0.2) is 0 Å². The van der Waals surface area contributed by atoms with Crippen molar-refractivity contribution in [2.24, 2.45) is 11.8 Å². The van der Waals surface area contributed by atoms with Crippen molar-refractivity contribution in [1.29, 1.82) is 0 Å². The maximum Gasteiger partial charge on any atom is 0.320 e. The summed E-state index contributed by atoms with van der Waals surface area (Å²) in [5.74, 6) is -1.00. The Balaban J connectivity index is 1.50. The van der Waals surface area contributed by atoms with Crippen LogP contribution < -0.4 is 0 Å². The van der Waals surface area contributed by atoms with E-state index in [-0.39, 0.29) is 17.9 Å². The van der Waals surface area contributed by atoms with E-state index in [4.69, 9.17) is 5.11 Å². The summed E-state index contributed by atoms with van der Waals surface area (Å²) in [6, 6.07) is 0.646. The van der Waals surface area contributed by atoms with E-state index in [1.165, 1.54) is 19.4 Å². The molecular weight excluding hydrogens is 258 g/mol. The number of likely N-dealkylation sites (tertiary alicyclic amines) is 1. The average molecular weight is 281 g/mol. The van der Waals surface area contributed by atoms with Crippen molar-refractivity contribution in [3.05, 3.63) is 0 Å². The molecule has 0 aromatic rings. The van der Waals surface area contributed by atoms with Gasteiger partial charge in [-0.2, -0.15) is 0 Å². The van der Waals surface area contributed by atoms with Crippen LogP contribution in [0.25, 0.3) is 0 Å². The zero-order valence-corrected chi connectivity index (χ0v) is 12.0. The molecule has 3 saturated heterocycles. The van der Waals surface area contributed by atoms with E-state index >= 15 is 0 Å². The van der Waals surface area contributed by atoms with Crippen molar-refractivity contribution in [3.8, 4) is 0 Å². The molecule has 6 heteroatoms. The maximum atomic E-state index is 12.4. The fraction of sp³-hybridized carbons (Fsp3) is 0.857. The van der Waals surface area contributed by atoms with Gasteiger partial charge in [-0.1, -0.05) is 6.92 Å². The van der Waals surface area contributed by atoms with Gasteiger partial charge in [0.05, 0.1) is 5.92 Å². The third-order valence-electron chi connectivity index (χ3n) is 5.13. The first kappa shape index (κ1) is 13.7. The van der Waals surface area contributed by atoms with Gasteiger partial charge in [0.2, 0.25) is 0 Å².